The van der Waals surface area contributed by atoms with Gasteiger partial charge >= 0.3 is 0 Å². The van der Waals surface area contributed by atoms with E-state index in [9.17, 15) is 4.79 Å². The lowest BCUT2D eigenvalue weighted by molar-refractivity contribution is 0.0955. The number of hydrogen-bond acceptors (Lipinski definition) is 6. The molecule has 0 fully saturated rings. The second-order valence-electron chi connectivity index (χ2n) is 7.59. The predicted molar refractivity (Wildman–Crippen MR) is 134 cm³/mol. The van der Waals surface area contributed by atoms with Crippen LogP contribution in [0.5, 0.6) is 17.2 Å². The monoisotopic (exact) mass is 457 g/mol. The summed E-state index contributed by atoms with van der Waals surface area (Å²) >= 11 is 0. The van der Waals surface area contributed by atoms with Crippen LogP contribution in [0.15, 0.2) is 72.9 Å². The Morgan fingerprint density at radius 2 is 1.53 bits per heavy atom. The van der Waals surface area contributed by atoms with E-state index in [1.165, 1.54) is 0 Å². The third-order valence-electron chi connectivity index (χ3n) is 5.55. The number of para-hydroxylation sites is 2. The van der Waals surface area contributed by atoms with Gasteiger partial charge in [0.25, 0.3) is 5.91 Å². The van der Waals surface area contributed by atoms with Gasteiger partial charge in [-0.05, 0) is 41.6 Å². The van der Waals surface area contributed by atoms with Crippen molar-refractivity contribution in [3.8, 4) is 17.2 Å². The van der Waals surface area contributed by atoms with Crippen LogP contribution < -0.4 is 24.8 Å². The van der Waals surface area contributed by atoms with Crippen LogP contribution in [0.1, 0.15) is 15.9 Å². The molecule has 0 spiro atoms. The van der Waals surface area contributed by atoms with Gasteiger partial charge in [0.1, 0.15) is 11.6 Å². The van der Waals surface area contributed by atoms with E-state index in [0.29, 0.717) is 41.6 Å². The van der Waals surface area contributed by atoms with Crippen LogP contribution in [0, 0.1) is 0 Å². The van der Waals surface area contributed by atoms with Crippen LogP contribution in [-0.4, -0.2) is 38.8 Å². The van der Waals surface area contributed by atoms with Crippen molar-refractivity contribution >= 4 is 28.2 Å². The highest BCUT2D eigenvalue weighted by atomic mass is 16.5. The second-order valence-corrected chi connectivity index (χ2v) is 7.59. The third-order valence-corrected chi connectivity index (χ3v) is 5.55. The zero-order valence-electron chi connectivity index (χ0n) is 19.4. The van der Waals surface area contributed by atoms with Gasteiger partial charge in [-0.3, -0.25) is 4.79 Å². The van der Waals surface area contributed by atoms with E-state index in [1.807, 2.05) is 66.7 Å². The molecule has 174 valence electrons. The van der Waals surface area contributed by atoms with Crippen molar-refractivity contribution in [2.75, 3.05) is 33.2 Å². The summed E-state index contributed by atoms with van der Waals surface area (Å²) in [6, 6.07) is 21.1. The number of nitrogens with one attached hydrogen (secondary N) is 2. The predicted octanol–water partition coefficient (Wildman–Crippen LogP) is 4.98. The van der Waals surface area contributed by atoms with Gasteiger partial charge in [-0.1, -0.05) is 42.5 Å². The van der Waals surface area contributed by atoms with Crippen LogP contribution in [0.25, 0.3) is 10.8 Å². The number of carbonyl (C=O) groups is 1. The van der Waals surface area contributed by atoms with E-state index in [4.69, 9.17) is 14.2 Å². The van der Waals surface area contributed by atoms with Gasteiger partial charge in [-0.15, -0.1) is 0 Å². The van der Waals surface area contributed by atoms with Gasteiger partial charge in [-0.25, -0.2) is 4.98 Å². The smallest absolute Gasteiger partial charge is 0.253 e. The molecule has 0 saturated carbocycles. The average Bonchev–Trinajstić information content (AvgIpc) is 2.89. The molecule has 3 aromatic carbocycles. The number of pyridine rings is 1. The highest BCUT2D eigenvalue weighted by Gasteiger charge is 2.14. The van der Waals surface area contributed by atoms with Crippen LogP contribution in [0.4, 0.5) is 11.5 Å². The average molecular weight is 458 g/mol. The molecule has 0 radical (unpaired) electrons. The van der Waals surface area contributed by atoms with Gasteiger partial charge in [-0.2, -0.15) is 0 Å². The Morgan fingerprint density at radius 3 is 2.29 bits per heavy atom. The lowest BCUT2D eigenvalue weighted by Gasteiger charge is -2.14. The van der Waals surface area contributed by atoms with Crippen molar-refractivity contribution in [2.45, 2.75) is 6.42 Å². The third kappa shape index (κ3) is 4.88. The number of nitrogens with zero attached hydrogens (tertiary/aromatic N) is 1. The van der Waals surface area contributed by atoms with Crippen LogP contribution in [-0.2, 0) is 6.42 Å². The minimum absolute atomic E-state index is 0.173. The molecule has 7 nitrogen and oxygen atoms in total. The zero-order chi connectivity index (χ0) is 23.9. The largest absolute Gasteiger partial charge is 0.495 e. The first kappa shape index (κ1) is 22.9. The molecule has 34 heavy (non-hydrogen) atoms. The molecule has 1 heterocycles. The van der Waals surface area contributed by atoms with Crippen molar-refractivity contribution < 1.29 is 19.0 Å². The van der Waals surface area contributed by atoms with Gasteiger partial charge in [0, 0.05) is 18.1 Å². The maximum absolute atomic E-state index is 13.0. The molecule has 1 aromatic heterocycles. The molecule has 4 rings (SSSR count). The normalized spacial score (nSPS) is 10.6. The van der Waals surface area contributed by atoms with Gasteiger partial charge in [0.15, 0.2) is 11.5 Å². The van der Waals surface area contributed by atoms with Crippen molar-refractivity contribution in [3.63, 3.8) is 0 Å². The number of ether oxygens (including phenoxy) is 3. The summed E-state index contributed by atoms with van der Waals surface area (Å²) in [5.74, 6) is 2.54. The molecule has 2 N–H and O–H groups in total. The van der Waals surface area contributed by atoms with E-state index in [1.54, 1.807) is 27.5 Å². The highest BCUT2D eigenvalue weighted by molar-refractivity contribution is 6.09. The summed E-state index contributed by atoms with van der Waals surface area (Å²) in [6.45, 7) is 0.476. The fourth-order valence-electron chi connectivity index (χ4n) is 3.80. The lowest BCUT2D eigenvalue weighted by Crippen LogP contribution is -2.26. The first-order valence-electron chi connectivity index (χ1n) is 10.9. The van der Waals surface area contributed by atoms with Crippen molar-refractivity contribution in [1.82, 2.24) is 10.3 Å². The van der Waals surface area contributed by atoms with E-state index >= 15 is 0 Å². The maximum atomic E-state index is 13.0. The number of carbonyl (C=O) groups excluding carboxylic acids is 1. The molecular formula is C27H27N3O4. The Morgan fingerprint density at radius 1 is 0.824 bits per heavy atom. The van der Waals surface area contributed by atoms with Gasteiger partial charge < -0.3 is 24.8 Å². The summed E-state index contributed by atoms with van der Waals surface area (Å²) < 4.78 is 16.1. The van der Waals surface area contributed by atoms with Crippen molar-refractivity contribution in [2.24, 2.45) is 0 Å². The van der Waals surface area contributed by atoms with E-state index in [0.717, 1.165) is 22.0 Å². The molecule has 0 saturated heterocycles. The molecule has 0 atom stereocenters. The number of benzene rings is 3. The molecular weight excluding hydrogens is 430 g/mol. The quantitative estimate of drug-likeness (QED) is 0.369. The standard InChI is InChI=1S/C27H27N3O4/c1-32-23-11-7-6-10-22(23)30-26-20-9-5-4-8-19(20)21(17-29-26)27(31)28-15-14-18-12-13-24(33-2)25(16-18)34-3/h4-13,16-17H,14-15H2,1-3H3,(H,28,31)(H,29,30). The molecule has 0 aliphatic heterocycles. The number of fused-ring (bicyclic) bond motifs is 1. The Balaban J connectivity index is 1.51. The molecule has 0 bridgehead atoms. The number of amides is 1. The molecule has 0 aliphatic rings. The SMILES string of the molecule is COc1ccccc1Nc1ncc(C(=O)NCCc2ccc(OC)c(OC)c2)c2ccccc12. The fourth-order valence-corrected chi connectivity index (χ4v) is 3.80. The summed E-state index contributed by atoms with van der Waals surface area (Å²) in [5, 5.41) is 8.00. The first-order chi connectivity index (χ1) is 16.6. The van der Waals surface area contributed by atoms with Crippen LogP contribution in [0.2, 0.25) is 0 Å². The first-order valence-corrected chi connectivity index (χ1v) is 10.9. The Bertz CT molecular complexity index is 1310. The Labute approximate surface area is 198 Å². The zero-order valence-corrected chi connectivity index (χ0v) is 19.4. The lowest BCUT2D eigenvalue weighted by atomic mass is 10.1. The second kappa shape index (κ2) is 10.6. The minimum Gasteiger partial charge on any atom is -0.495 e. The summed E-state index contributed by atoms with van der Waals surface area (Å²) in [7, 11) is 4.84. The number of aromatic nitrogens is 1. The number of hydrogen-bond donors (Lipinski definition) is 2. The molecule has 7 heteroatoms. The Kier molecular flexibility index (Phi) is 7.13. The summed E-state index contributed by atoms with van der Waals surface area (Å²) in [4.78, 5) is 17.6. The molecule has 4 aromatic rings. The molecule has 0 aliphatic carbocycles. The van der Waals surface area contributed by atoms with Crippen molar-refractivity contribution in [3.05, 3.63) is 84.1 Å². The van der Waals surface area contributed by atoms with Crippen LogP contribution >= 0.6 is 0 Å². The van der Waals surface area contributed by atoms with E-state index < -0.39 is 0 Å². The number of anilines is 2. The number of rotatable bonds is 9. The summed E-state index contributed by atoms with van der Waals surface area (Å²) in [6.07, 6.45) is 2.26. The fraction of sp³-hybridized carbons (Fsp3) is 0.185. The summed E-state index contributed by atoms with van der Waals surface area (Å²) in [5.41, 5.74) is 2.36. The maximum Gasteiger partial charge on any atom is 0.253 e. The highest BCUT2D eigenvalue weighted by Crippen LogP contribution is 2.31. The molecule has 1 amide bonds. The van der Waals surface area contributed by atoms with Crippen molar-refractivity contribution in [1.29, 1.82) is 0 Å². The van der Waals surface area contributed by atoms with E-state index in [2.05, 4.69) is 15.6 Å². The molecule has 0 unspecified atom stereocenters. The topological polar surface area (TPSA) is 81.7 Å². The number of methoxy groups -OCH3 is 3. The van der Waals surface area contributed by atoms with Crippen LogP contribution in [0.3, 0.4) is 0 Å². The Hall–Kier alpha value is -4.26. The van der Waals surface area contributed by atoms with E-state index in [-0.39, 0.29) is 5.91 Å². The van der Waals surface area contributed by atoms with Gasteiger partial charge in [0.2, 0.25) is 0 Å². The van der Waals surface area contributed by atoms with Gasteiger partial charge in [0.05, 0.1) is 32.6 Å². The minimum atomic E-state index is -0.173.